The number of nitrogens with one attached hydrogen (secondary N) is 3. The Morgan fingerprint density at radius 3 is 3.00 bits per heavy atom. The van der Waals surface area contributed by atoms with E-state index < -0.39 is 6.10 Å². The van der Waals surface area contributed by atoms with Crippen molar-refractivity contribution in [3.63, 3.8) is 0 Å². The van der Waals surface area contributed by atoms with Crippen molar-refractivity contribution >= 4 is 17.6 Å². The number of carbonyl (C=O) groups is 2. The summed E-state index contributed by atoms with van der Waals surface area (Å²) in [5, 5.41) is 8.31. The molecule has 22 heavy (non-hydrogen) atoms. The molecule has 0 saturated carbocycles. The van der Waals surface area contributed by atoms with Gasteiger partial charge >= 0.3 is 6.03 Å². The highest BCUT2D eigenvalue weighted by Gasteiger charge is 2.26. The van der Waals surface area contributed by atoms with Gasteiger partial charge in [0, 0.05) is 6.54 Å². The Balaban J connectivity index is 2.09. The second kappa shape index (κ2) is 6.98. The van der Waals surface area contributed by atoms with Crippen LogP contribution in [-0.2, 0) is 4.79 Å². The Morgan fingerprint density at radius 1 is 1.55 bits per heavy atom. The molecule has 0 radical (unpaired) electrons. The quantitative estimate of drug-likeness (QED) is 0.730. The van der Waals surface area contributed by atoms with Gasteiger partial charge in [-0.1, -0.05) is 19.1 Å². The number of hydrogen-bond acceptors (Lipinski definition) is 3. The van der Waals surface area contributed by atoms with Gasteiger partial charge in [-0.05, 0) is 31.0 Å². The van der Waals surface area contributed by atoms with Crippen LogP contribution in [0.5, 0.6) is 5.75 Å². The zero-order valence-corrected chi connectivity index (χ0v) is 12.8. The number of anilines is 1. The Labute approximate surface area is 129 Å². The van der Waals surface area contributed by atoms with Crippen molar-refractivity contribution in [1.29, 1.82) is 0 Å². The molecular formula is C16H21N3O3. The van der Waals surface area contributed by atoms with E-state index in [1.54, 1.807) is 12.1 Å². The van der Waals surface area contributed by atoms with Gasteiger partial charge in [0.05, 0.1) is 11.7 Å². The summed E-state index contributed by atoms with van der Waals surface area (Å²) in [6.07, 6.45) is 1.75. The number of rotatable bonds is 5. The molecule has 1 aliphatic heterocycles. The Morgan fingerprint density at radius 2 is 2.32 bits per heavy atom. The fourth-order valence-corrected chi connectivity index (χ4v) is 2.19. The predicted octanol–water partition coefficient (Wildman–Crippen LogP) is 2.34. The van der Waals surface area contributed by atoms with Crippen molar-refractivity contribution in [2.75, 3.05) is 11.9 Å². The van der Waals surface area contributed by atoms with E-state index in [0.717, 1.165) is 5.56 Å². The fraction of sp³-hybridized carbons (Fsp3) is 0.375. The molecule has 0 bridgehead atoms. The van der Waals surface area contributed by atoms with Crippen LogP contribution in [0.3, 0.4) is 0 Å². The number of carbonyl (C=O) groups excluding carboxylic acids is 2. The second-order valence-electron chi connectivity index (χ2n) is 5.12. The zero-order valence-electron chi connectivity index (χ0n) is 12.8. The van der Waals surface area contributed by atoms with Crippen LogP contribution in [0.25, 0.3) is 0 Å². The van der Waals surface area contributed by atoms with Crippen molar-refractivity contribution in [2.24, 2.45) is 0 Å². The van der Waals surface area contributed by atoms with E-state index in [-0.39, 0.29) is 18.0 Å². The van der Waals surface area contributed by atoms with Crippen molar-refractivity contribution in [3.05, 3.63) is 36.4 Å². The lowest BCUT2D eigenvalue weighted by Gasteiger charge is -2.26. The smallest absolute Gasteiger partial charge is 0.315 e. The molecular weight excluding hydrogens is 282 g/mol. The van der Waals surface area contributed by atoms with E-state index in [1.807, 2.05) is 26.0 Å². The highest BCUT2D eigenvalue weighted by atomic mass is 16.5. The Bertz CT molecular complexity index is 586. The van der Waals surface area contributed by atoms with E-state index in [0.29, 0.717) is 24.4 Å². The lowest BCUT2D eigenvalue weighted by atomic mass is 10.1. The second-order valence-corrected chi connectivity index (χ2v) is 5.12. The molecule has 3 N–H and O–H groups in total. The molecule has 0 aliphatic carbocycles. The first-order chi connectivity index (χ1) is 10.5. The average Bonchev–Trinajstić information content (AvgIpc) is 2.51. The molecule has 2 rings (SSSR count). The lowest BCUT2D eigenvalue weighted by Crippen LogP contribution is -2.37. The summed E-state index contributed by atoms with van der Waals surface area (Å²) in [6, 6.07) is 5.04. The number of fused-ring (bicyclic) bond motifs is 1. The average molecular weight is 303 g/mol. The molecule has 1 aromatic carbocycles. The van der Waals surface area contributed by atoms with Crippen LogP contribution in [0.15, 0.2) is 30.9 Å². The predicted molar refractivity (Wildman–Crippen MR) is 84.9 cm³/mol. The van der Waals surface area contributed by atoms with E-state index in [2.05, 4.69) is 22.5 Å². The maximum atomic E-state index is 11.7. The van der Waals surface area contributed by atoms with Crippen LogP contribution in [0.2, 0.25) is 0 Å². The fourth-order valence-electron chi connectivity index (χ4n) is 2.19. The van der Waals surface area contributed by atoms with Crippen molar-refractivity contribution < 1.29 is 14.3 Å². The number of hydrogen-bond donors (Lipinski definition) is 3. The highest BCUT2D eigenvalue weighted by molar-refractivity contribution is 5.97. The third-order valence-corrected chi connectivity index (χ3v) is 3.45. The summed E-state index contributed by atoms with van der Waals surface area (Å²) in [5.41, 5.74) is 1.56. The van der Waals surface area contributed by atoms with Gasteiger partial charge in [-0.15, -0.1) is 6.58 Å². The Hall–Kier alpha value is -2.50. The molecule has 1 aromatic rings. The third kappa shape index (κ3) is 3.58. The van der Waals surface area contributed by atoms with Gasteiger partial charge in [-0.25, -0.2) is 4.79 Å². The molecule has 0 saturated heterocycles. The van der Waals surface area contributed by atoms with Gasteiger partial charge in [0.25, 0.3) is 5.91 Å². The Kier molecular flexibility index (Phi) is 5.04. The van der Waals surface area contributed by atoms with Crippen LogP contribution in [0.1, 0.15) is 31.9 Å². The summed E-state index contributed by atoms with van der Waals surface area (Å²) in [4.78, 5) is 23.4. The molecule has 6 nitrogen and oxygen atoms in total. The minimum absolute atomic E-state index is 0.127. The number of amides is 3. The maximum Gasteiger partial charge on any atom is 0.315 e. The molecule has 2 unspecified atom stereocenters. The molecule has 3 amide bonds. The summed E-state index contributed by atoms with van der Waals surface area (Å²) in [6.45, 7) is 7.74. The first-order valence-electron chi connectivity index (χ1n) is 7.31. The van der Waals surface area contributed by atoms with Crippen LogP contribution >= 0.6 is 0 Å². The summed E-state index contributed by atoms with van der Waals surface area (Å²) in [5.74, 6) is 0.502. The third-order valence-electron chi connectivity index (χ3n) is 3.45. The van der Waals surface area contributed by atoms with Gasteiger partial charge in [-0.3, -0.25) is 4.79 Å². The van der Waals surface area contributed by atoms with Crippen LogP contribution < -0.4 is 20.7 Å². The zero-order chi connectivity index (χ0) is 16.1. The molecule has 0 spiro atoms. The summed E-state index contributed by atoms with van der Waals surface area (Å²) >= 11 is 0. The topological polar surface area (TPSA) is 79.5 Å². The minimum atomic E-state index is -0.470. The SMILES string of the molecule is C=CCNC(=O)NC(C)c1ccc2c(c1)OC(CC)C(=O)N2. The van der Waals surface area contributed by atoms with Crippen molar-refractivity contribution in [2.45, 2.75) is 32.4 Å². The molecule has 6 heteroatoms. The molecule has 2 atom stereocenters. The molecule has 1 aliphatic rings. The molecule has 0 aromatic heterocycles. The first kappa shape index (κ1) is 15.9. The van der Waals surface area contributed by atoms with Gasteiger partial charge in [0.1, 0.15) is 5.75 Å². The number of urea groups is 1. The van der Waals surface area contributed by atoms with Gasteiger partial charge in [-0.2, -0.15) is 0 Å². The lowest BCUT2D eigenvalue weighted by molar-refractivity contribution is -0.123. The normalized spacial score (nSPS) is 17.5. The monoisotopic (exact) mass is 303 g/mol. The number of benzene rings is 1. The standard InChI is InChI=1S/C16H21N3O3/c1-4-8-17-16(21)18-10(3)11-6-7-12-14(9-11)22-13(5-2)15(20)19-12/h4,6-7,9-10,13H,1,5,8H2,2-3H3,(H,19,20)(H2,17,18,21). The van der Waals surface area contributed by atoms with Crippen LogP contribution in [-0.4, -0.2) is 24.6 Å². The number of ether oxygens (including phenoxy) is 1. The maximum absolute atomic E-state index is 11.7. The largest absolute Gasteiger partial charge is 0.478 e. The summed E-state index contributed by atoms with van der Waals surface area (Å²) < 4.78 is 5.70. The van der Waals surface area contributed by atoms with Gasteiger partial charge in [0.15, 0.2) is 6.10 Å². The van der Waals surface area contributed by atoms with E-state index in [4.69, 9.17) is 4.74 Å². The van der Waals surface area contributed by atoms with E-state index >= 15 is 0 Å². The van der Waals surface area contributed by atoms with Gasteiger partial charge in [0.2, 0.25) is 0 Å². The van der Waals surface area contributed by atoms with Crippen molar-refractivity contribution in [3.8, 4) is 5.75 Å². The van der Waals surface area contributed by atoms with Crippen LogP contribution in [0, 0.1) is 0 Å². The molecule has 118 valence electrons. The van der Waals surface area contributed by atoms with Crippen molar-refractivity contribution in [1.82, 2.24) is 10.6 Å². The molecule has 0 fully saturated rings. The minimum Gasteiger partial charge on any atom is -0.478 e. The summed E-state index contributed by atoms with van der Waals surface area (Å²) in [7, 11) is 0. The molecule has 1 heterocycles. The van der Waals surface area contributed by atoms with E-state index in [9.17, 15) is 9.59 Å². The van der Waals surface area contributed by atoms with Gasteiger partial charge < -0.3 is 20.7 Å². The van der Waals surface area contributed by atoms with E-state index in [1.165, 1.54) is 0 Å². The first-order valence-corrected chi connectivity index (χ1v) is 7.31. The highest BCUT2D eigenvalue weighted by Crippen LogP contribution is 2.32. The van der Waals surface area contributed by atoms with Crippen LogP contribution in [0.4, 0.5) is 10.5 Å².